The molecule has 1 N–H and O–H groups in total. The topological polar surface area (TPSA) is 80.1 Å². The van der Waals surface area contributed by atoms with Crippen LogP contribution < -0.4 is 11.0 Å². The molecular formula is C18H23N5O2S. The maximum Gasteiger partial charge on any atom is 0.348 e. The van der Waals surface area contributed by atoms with Crippen LogP contribution >= 0.6 is 11.8 Å². The van der Waals surface area contributed by atoms with E-state index in [0.29, 0.717) is 17.3 Å². The minimum absolute atomic E-state index is 0.131. The molecule has 0 unspecified atom stereocenters. The van der Waals surface area contributed by atoms with Gasteiger partial charge in [-0.2, -0.15) is 4.98 Å². The molecule has 1 amide bonds. The fourth-order valence-electron chi connectivity index (χ4n) is 3.00. The third-order valence-electron chi connectivity index (χ3n) is 4.26. The lowest BCUT2D eigenvalue weighted by molar-refractivity contribution is -0.113. The molecule has 26 heavy (non-hydrogen) atoms. The summed E-state index contributed by atoms with van der Waals surface area (Å²) in [6.07, 6.45) is 6.10. The largest absolute Gasteiger partial charge is 0.348 e. The van der Waals surface area contributed by atoms with Gasteiger partial charge in [-0.25, -0.2) is 4.79 Å². The van der Waals surface area contributed by atoms with Gasteiger partial charge in [0.05, 0.1) is 17.6 Å². The van der Waals surface area contributed by atoms with Crippen molar-refractivity contribution in [1.29, 1.82) is 0 Å². The summed E-state index contributed by atoms with van der Waals surface area (Å²) in [4.78, 5) is 34.9. The zero-order valence-corrected chi connectivity index (χ0v) is 15.9. The predicted molar refractivity (Wildman–Crippen MR) is 103 cm³/mol. The number of amides is 1. The zero-order valence-electron chi connectivity index (χ0n) is 15.1. The number of pyridine rings is 1. The van der Waals surface area contributed by atoms with E-state index in [1.807, 2.05) is 14.1 Å². The monoisotopic (exact) mass is 373 g/mol. The number of hydrogen-bond acceptors (Lipinski definition) is 6. The molecule has 3 rings (SSSR count). The van der Waals surface area contributed by atoms with Crippen molar-refractivity contribution in [2.75, 3.05) is 31.7 Å². The van der Waals surface area contributed by atoms with Crippen LogP contribution in [-0.2, 0) is 24.2 Å². The van der Waals surface area contributed by atoms with Crippen molar-refractivity contribution >= 4 is 23.4 Å². The Morgan fingerprint density at radius 3 is 2.96 bits per heavy atom. The summed E-state index contributed by atoms with van der Waals surface area (Å²) in [6.45, 7) is 1.45. The molecule has 0 atom stereocenters. The van der Waals surface area contributed by atoms with E-state index in [4.69, 9.17) is 0 Å². The number of anilines is 1. The SMILES string of the molecule is CN(C)CCn1c2c(c(SCC(=O)Nc3cccnc3)nc1=O)CCC2. The van der Waals surface area contributed by atoms with Gasteiger partial charge in [-0.3, -0.25) is 14.3 Å². The second kappa shape index (κ2) is 8.46. The number of likely N-dealkylation sites (N-methyl/N-ethyl adjacent to an activating group) is 1. The number of fused-ring (bicyclic) bond motifs is 1. The molecule has 0 bridgehead atoms. The maximum atomic E-state index is 12.5. The van der Waals surface area contributed by atoms with Crippen LogP contribution in [0.3, 0.4) is 0 Å². The minimum atomic E-state index is -0.220. The van der Waals surface area contributed by atoms with Crippen LogP contribution in [-0.4, -0.2) is 51.7 Å². The van der Waals surface area contributed by atoms with Gasteiger partial charge in [0, 0.05) is 30.5 Å². The van der Waals surface area contributed by atoms with E-state index >= 15 is 0 Å². The van der Waals surface area contributed by atoms with Crippen LogP contribution in [0.2, 0.25) is 0 Å². The summed E-state index contributed by atoms with van der Waals surface area (Å²) >= 11 is 1.33. The van der Waals surface area contributed by atoms with E-state index in [-0.39, 0.29) is 17.3 Å². The van der Waals surface area contributed by atoms with E-state index in [9.17, 15) is 9.59 Å². The number of nitrogens with zero attached hydrogens (tertiary/aromatic N) is 4. The van der Waals surface area contributed by atoms with Crippen LogP contribution in [0.25, 0.3) is 0 Å². The average molecular weight is 373 g/mol. The Hall–Kier alpha value is -2.19. The fourth-order valence-corrected chi connectivity index (χ4v) is 3.88. The Labute approximate surface area is 156 Å². The number of carbonyl (C=O) groups is 1. The van der Waals surface area contributed by atoms with Crippen molar-refractivity contribution in [2.24, 2.45) is 0 Å². The molecule has 1 aliphatic rings. The molecule has 0 aliphatic heterocycles. The highest BCUT2D eigenvalue weighted by atomic mass is 32.2. The van der Waals surface area contributed by atoms with Crippen LogP contribution in [0.1, 0.15) is 17.7 Å². The van der Waals surface area contributed by atoms with E-state index in [1.165, 1.54) is 11.8 Å². The number of hydrogen-bond donors (Lipinski definition) is 1. The molecule has 1 aliphatic carbocycles. The standard InChI is InChI=1S/C18H23N5O2S/c1-22(2)9-10-23-15-7-3-6-14(15)17(21-18(23)25)26-12-16(24)20-13-5-4-8-19-11-13/h4-5,8,11H,3,6-7,9-10,12H2,1-2H3,(H,20,24). The first kappa shape index (κ1) is 18.6. The molecule has 0 saturated heterocycles. The van der Waals surface area contributed by atoms with Crippen LogP contribution in [0.4, 0.5) is 5.69 Å². The minimum Gasteiger partial charge on any atom is -0.324 e. The van der Waals surface area contributed by atoms with Gasteiger partial charge in [0.25, 0.3) is 0 Å². The third-order valence-corrected chi connectivity index (χ3v) is 5.27. The molecule has 0 saturated carbocycles. The van der Waals surface area contributed by atoms with Gasteiger partial charge in [0.2, 0.25) is 5.91 Å². The quantitative estimate of drug-likeness (QED) is 0.584. The Morgan fingerprint density at radius 2 is 2.23 bits per heavy atom. The first-order chi connectivity index (χ1) is 12.5. The molecule has 8 heteroatoms. The van der Waals surface area contributed by atoms with Crippen LogP contribution in [0.5, 0.6) is 0 Å². The summed E-state index contributed by atoms with van der Waals surface area (Å²) in [7, 11) is 3.98. The highest BCUT2D eigenvalue weighted by Crippen LogP contribution is 2.29. The summed E-state index contributed by atoms with van der Waals surface area (Å²) in [6, 6.07) is 3.56. The van der Waals surface area contributed by atoms with Crippen molar-refractivity contribution in [3.8, 4) is 0 Å². The van der Waals surface area contributed by atoms with Crippen molar-refractivity contribution < 1.29 is 4.79 Å². The molecule has 2 aromatic heterocycles. The molecule has 0 spiro atoms. The van der Waals surface area contributed by atoms with Crippen molar-refractivity contribution in [2.45, 2.75) is 30.8 Å². The van der Waals surface area contributed by atoms with Crippen molar-refractivity contribution in [3.63, 3.8) is 0 Å². The molecule has 138 valence electrons. The number of rotatable bonds is 7. The van der Waals surface area contributed by atoms with Crippen LogP contribution in [0, 0.1) is 0 Å². The molecule has 0 aromatic carbocycles. The fraction of sp³-hybridized carbons (Fsp3) is 0.444. The van der Waals surface area contributed by atoms with E-state index in [0.717, 1.165) is 37.1 Å². The Balaban J connectivity index is 1.71. The molecule has 2 heterocycles. The van der Waals surface area contributed by atoms with Gasteiger partial charge in [-0.05, 0) is 45.5 Å². The average Bonchev–Trinajstić information content (AvgIpc) is 3.09. The molecule has 0 fully saturated rings. The van der Waals surface area contributed by atoms with E-state index in [1.54, 1.807) is 29.1 Å². The normalized spacial score (nSPS) is 13.0. The lowest BCUT2D eigenvalue weighted by atomic mass is 10.2. The first-order valence-electron chi connectivity index (χ1n) is 8.64. The van der Waals surface area contributed by atoms with Crippen molar-refractivity contribution in [3.05, 3.63) is 46.3 Å². The second-order valence-corrected chi connectivity index (χ2v) is 7.48. The molecule has 0 radical (unpaired) electrons. The summed E-state index contributed by atoms with van der Waals surface area (Å²) in [5.41, 5.74) is 2.66. The Kier molecular flexibility index (Phi) is 6.05. The van der Waals surface area contributed by atoms with Gasteiger partial charge >= 0.3 is 5.69 Å². The highest BCUT2D eigenvalue weighted by Gasteiger charge is 2.22. The molecule has 7 nitrogen and oxygen atoms in total. The Morgan fingerprint density at radius 1 is 1.38 bits per heavy atom. The number of aromatic nitrogens is 3. The predicted octanol–water partition coefficient (Wildman–Crippen LogP) is 1.42. The van der Waals surface area contributed by atoms with Crippen molar-refractivity contribution in [1.82, 2.24) is 19.4 Å². The lowest BCUT2D eigenvalue weighted by Crippen LogP contribution is -2.31. The summed E-state index contributed by atoms with van der Waals surface area (Å²) in [5.74, 6) is 0.0866. The van der Waals surface area contributed by atoms with Gasteiger partial charge in [0.1, 0.15) is 5.03 Å². The second-order valence-electron chi connectivity index (χ2n) is 6.51. The lowest BCUT2D eigenvalue weighted by Gasteiger charge is -2.16. The number of carbonyl (C=O) groups excluding carboxylic acids is 1. The third kappa shape index (κ3) is 4.50. The number of thioether (sulfide) groups is 1. The Bertz CT molecular complexity index is 835. The molecular weight excluding hydrogens is 350 g/mol. The van der Waals surface area contributed by atoms with Crippen LogP contribution in [0.15, 0.2) is 34.3 Å². The molecule has 2 aromatic rings. The zero-order chi connectivity index (χ0) is 18.5. The van der Waals surface area contributed by atoms with E-state index < -0.39 is 0 Å². The van der Waals surface area contributed by atoms with E-state index in [2.05, 4.69) is 20.2 Å². The number of nitrogens with one attached hydrogen (secondary N) is 1. The smallest absolute Gasteiger partial charge is 0.324 e. The maximum absolute atomic E-state index is 12.5. The summed E-state index contributed by atoms with van der Waals surface area (Å²) in [5, 5.41) is 3.50. The van der Waals surface area contributed by atoms with Gasteiger partial charge in [-0.1, -0.05) is 11.8 Å². The highest BCUT2D eigenvalue weighted by molar-refractivity contribution is 8.00. The summed E-state index contributed by atoms with van der Waals surface area (Å²) < 4.78 is 1.79. The first-order valence-corrected chi connectivity index (χ1v) is 9.63. The van der Waals surface area contributed by atoms with Gasteiger partial charge in [0.15, 0.2) is 0 Å². The van der Waals surface area contributed by atoms with Gasteiger partial charge in [-0.15, -0.1) is 0 Å². The van der Waals surface area contributed by atoms with Gasteiger partial charge < -0.3 is 10.2 Å².